The fourth-order valence-corrected chi connectivity index (χ4v) is 2.46. The molecule has 0 aliphatic heterocycles. The van der Waals surface area contributed by atoms with Gasteiger partial charge in [0.05, 0.1) is 6.61 Å². The van der Waals surface area contributed by atoms with E-state index in [2.05, 4.69) is 4.98 Å². The minimum absolute atomic E-state index is 0.295. The number of esters is 1. The number of nitrogens with one attached hydrogen (secondary N) is 1. The Bertz CT molecular complexity index is 601. The fourth-order valence-electron chi connectivity index (χ4n) is 2.46. The highest BCUT2D eigenvalue weighted by atomic mass is 16.5. The maximum Gasteiger partial charge on any atom is 0.323 e. The predicted molar refractivity (Wildman–Crippen MR) is 78.3 cm³/mol. The van der Waals surface area contributed by atoms with E-state index in [0.29, 0.717) is 13.0 Å². The Balaban J connectivity index is 1.56. The van der Waals surface area contributed by atoms with Crippen molar-refractivity contribution < 1.29 is 9.53 Å². The number of rotatable bonds is 6. The van der Waals surface area contributed by atoms with Crippen molar-refractivity contribution in [2.75, 3.05) is 6.61 Å². The maximum absolute atomic E-state index is 11.8. The summed E-state index contributed by atoms with van der Waals surface area (Å²) in [7, 11) is 0. The quantitative estimate of drug-likeness (QED) is 0.793. The number of ether oxygens (including phenoxy) is 1. The van der Waals surface area contributed by atoms with Crippen LogP contribution in [0.5, 0.6) is 0 Å². The molecule has 1 aromatic carbocycles. The molecule has 1 aliphatic rings. The molecule has 1 heterocycles. The number of hydrogen-bond acceptors (Lipinski definition) is 3. The molecule has 0 radical (unpaired) electrons. The van der Waals surface area contributed by atoms with Gasteiger partial charge < -0.3 is 15.5 Å². The number of carbonyl (C=O) groups is 1. The highest BCUT2D eigenvalue weighted by Crippen LogP contribution is 2.32. The molecule has 1 atom stereocenters. The van der Waals surface area contributed by atoms with Crippen molar-refractivity contribution >= 4 is 16.9 Å². The third-order valence-corrected chi connectivity index (χ3v) is 3.88. The second-order valence-corrected chi connectivity index (χ2v) is 5.57. The third kappa shape index (κ3) is 3.02. The Hall–Kier alpha value is -1.81. The second kappa shape index (κ2) is 5.67. The molecule has 1 aromatic heterocycles. The zero-order valence-corrected chi connectivity index (χ0v) is 11.5. The van der Waals surface area contributed by atoms with Crippen LogP contribution < -0.4 is 5.73 Å². The lowest BCUT2D eigenvalue weighted by molar-refractivity contribution is -0.145. The lowest BCUT2D eigenvalue weighted by Crippen LogP contribution is -2.34. The molecule has 1 aliphatic carbocycles. The second-order valence-electron chi connectivity index (χ2n) is 5.57. The summed E-state index contributed by atoms with van der Waals surface area (Å²) in [6.07, 6.45) is 5.96. The summed E-state index contributed by atoms with van der Waals surface area (Å²) in [6, 6.07) is 7.42. The molecule has 20 heavy (non-hydrogen) atoms. The first-order chi connectivity index (χ1) is 9.74. The average Bonchev–Trinajstić information content (AvgIpc) is 3.20. The van der Waals surface area contributed by atoms with Gasteiger partial charge in [0.15, 0.2) is 0 Å². The van der Waals surface area contributed by atoms with Crippen LogP contribution in [0.1, 0.15) is 24.8 Å². The molecule has 0 unspecified atom stereocenters. The monoisotopic (exact) mass is 272 g/mol. The first-order valence-corrected chi connectivity index (χ1v) is 7.21. The van der Waals surface area contributed by atoms with Crippen LogP contribution in [-0.4, -0.2) is 23.6 Å². The van der Waals surface area contributed by atoms with E-state index in [4.69, 9.17) is 10.5 Å². The molecule has 2 aromatic rings. The van der Waals surface area contributed by atoms with Gasteiger partial charge in [-0.15, -0.1) is 0 Å². The van der Waals surface area contributed by atoms with Crippen LogP contribution >= 0.6 is 0 Å². The number of carbonyl (C=O) groups excluding carboxylic acids is 1. The number of H-pyrrole nitrogens is 1. The Kier molecular flexibility index (Phi) is 3.74. The van der Waals surface area contributed by atoms with E-state index in [0.717, 1.165) is 28.8 Å². The Morgan fingerprint density at radius 3 is 3.00 bits per heavy atom. The highest BCUT2D eigenvalue weighted by molar-refractivity contribution is 5.84. The minimum Gasteiger partial charge on any atom is -0.465 e. The van der Waals surface area contributed by atoms with Gasteiger partial charge in [-0.1, -0.05) is 31.0 Å². The summed E-state index contributed by atoms with van der Waals surface area (Å²) in [5, 5.41) is 1.12. The van der Waals surface area contributed by atoms with Crippen LogP contribution in [-0.2, 0) is 16.0 Å². The molecule has 0 bridgehead atoms. The highest BCUT2D eigenvalue weighted by Gasteiger charge is 2.22. The first kappa shape index (κ1) is 13.2. The molecule has 3 N–H and O–H groups in total. The molecule has 1 fully saturated rings. The van der Waals surface area contributed by atoms with Crippen molar-refractivity contribution in [2.24, 2.45) is 11.7 Å². The van der Waals surface area contributed by atoms with Crippen molar-refractivity contribution in [2.45, 2.75) is 31.7 Å². The lowest BCUT2D eigenvalue weighted by Gasteiger charge is -2.11. The van der Waals surface area contributed by atoms with Crippen LogP contribution in [0.15, 0.2) is 30.5 Å². The normalized spacial score (nSPS) is 16.2. The molecule has 4 heteroatoms. The summed E-state index contributed by atoms with van der Waals surface area (Å²) in [5.41, 5.74) is 8.07. The van der Waals surface area contributed by atoms with E-state index in [-0.39, 0.29) is 5.97 Å². The number of benzene rings is 1. The number of para-hydroxylation sites is 1. The van der Waals surface area contributed by atoms with E-state index < -0.39 is 6.04 Å². The Labute approximate surface area is 118 Å². The van der Waals surface area contributed by atoms with Crippen LogP contribution in [0.3, 0.4) is 0 Å². The Morgan fingerprint density at radius 1 is 1.40 bits per heavy atom. The number of hydrogen-bond donors (Lipinski definition) is 2. The summed E-state index contributed by atoms with van der Waals surface area (Å²) in [4.78, 5) is 15.0. The van der Waals surface area contributed by atoms with E-state index >= 15 is 0 Å². The van der Waals surface area contributed by atoms with Crippen molar-refractivity contribution in [3.63, 3.8) is 0 Å². The van der Waals surface area contributed by atoms with E-state index in [9.17, 15) is 4.79 Å². The summed E-state index contributed by atoms with van der Waals surface area (Å²) < 4.78 is 5.24. The van der Waals surface area contributed by atoms with Gasteiger partial charge >= 0.3 is 5.97 Å². The van der Waals surface area contributed by atoms with Gasteiger partial charge in [-0.2, -0.15) is 0 Å². The van der Waals surface area contributed by atoms with E-state index in [1.54, 1.807) is 0 Å². The molecule has 1 saturated carbocycles. The molecule has 0 amide bonds. The molecular weight excluding hydrogens is 252 g/mol. The number of fused-ring (bicyclic) bond motifs is 1. The topological polar surface area (TPSA) is 68.1 Å². The fraction of sp³-hybridized carbons (Fsp3) is 0.438. The van der Waals surface area contributed by atoms with Crippen LogP contribution in [0, 0.1) is 5.92 Å². The molecule has 4 nitrogen and oxygen atoms in total. The standard InChI is InChI=1S/C16H20N2O2/c17-14(16(19)20-8-7-11-5-6-11)9-12-10-18-15-4-2-1-3-13(12)15/h1-4,10-11,14,18H,5-9,17H2/t14-/m0/s1. The predicted octanol–water partition coefficient (Wildman–Crippen LogP) is 2.38. The Morgan fingerprint density at radius 2 is 2.20 bits per heavy atom. The van der Waals surface area contributed by atoms with Crippen molar-refractivity contribution in [3.8, 4) is 0 Å². The minimum atomic E-state index is -0.589. The van der Waals surface area contributed by atoms with Crippen molar-refractivity contribution in [1.82, 2.24) is 4.98 Å². The molecular formula is C16H20N2O2. The van der Waals surface area contributed by atoms with Gasteiger partial charge in [0.2, 0.25) is 0 Å². The smallest absolute Gasteiger partial charge is 0.323 e. The van der Waals surface area contributed by atoms with Gasteiger partial charge in [0.1, 0.15) is 6.04 Å². The van der Waals surface area contributed by atoms with Crippen LogP contribution in [0.2, 0.25) is 0 Å². The zero-order valence-electron chi connectivity index (χ0n) is 11.5. The molecule has 3 rings (SSSR count). The molecule has 106 valence electrons. The van der Waals surface area contributed by atoms with Gasteiger partial charge in [-0.3, -0.25) is 4.79 Å². The lowest BCUT2D eigenvalue weighted by atomic mass is 10.1. The zero-order chi connectivity index (χ0) is 13.9. The summed E-state index contributed by atoms with van der Waals surface area (Å²) >= 11 is 0. The van der Waals surface area contributed by atoms with Gasteiger partial charge in [0.25, 0.3) is 0 Å². The maximum atomic E-state index is 11.8. The number of aromatic nitrogens is 1. The van der Waals surface area contributed by atoms with Crippen LogP contribution in [0.25, 0.3) is 10.9 Å². The van der Waals surface area contributed by atoms with Crippen molar-refractivity contribution in [1.29, 1.82) is 0 Å². The number of nitrogens with two attached hydrogens (primary N) is 1. The van der Waals surface area contributed by atoms with E-state index in [1.165, 1.54) is 12.8 Å². The largest absolute Gasteiger partial charge is 0.465 e. The van der Waals surface area contributed by atoms with Gasteiger partial charge in [-0.05, 0) is 24.0 Å². The van der Waals surface area contributed by atoms with Crippen molar-refractivity contribution in [3.05, 3.63) is 36.0 Å². The van der Waals surface area contributed by atoms with Crippen LogP contribution in [0.4, 0.5) is 0 Å². The summed E-state index contributed by atoms with van der Waals surface area (Å²) in [6.45, 7) is 0.505. The van der Waals surface area contributed by atoms with Gasteiger partial charge in [-0.25, -0.2) is 0 Å². The third-order valence-electron chi connectivity index (χ3n) is 3.88. The molecule has 0 spiro atoms. The SMILES string of the molecule is N[C@@H](Cc1c[nH]c2ccccc12)C(=O)OCCC1CC1. The molecule has 0 saturated heterocycles. The first-order valence-electron chi connectivity index (χ1n) is 7.21. The average molecular weight is 272 g/mol. The van der Waals surface area contributed by atoms with E-state index in [1.807, 2.05) is 30.5 Å². The summed E-state index contributed by atoms with van der Waals surface area (Å²) in [5.74, 6) is 0.476. The van der Waals surface area contributed by atoms with Gasteiger partial charge in [0, 0.05) is 23.5 Å². The number of aromatic amines is 1.